The molecule has 21 nitrogen and oxygen atoms in total. The van der Waals surface area contributed by atoms with E-state index in [2.05, 4.69) is 41.4 Å². The van der Waals surface area contributed by atoms with Gasteiger partial charge in [0, 0.05) is 11.3 Å². The van der Waals surface area contributed by atoms with E-state index in [1.807, 2.05) is 14.1 Å². The highest BCUT2D eigenvalue weighted by Crippen LogP contribution is 2.44. The summed E-state index contributed by atoms with van der Waals surface area (Å²) >= 11 is 14.3. The lowest BCUT2D eigenvalue weighted by atomic mass is 10.0. The zero-order valence-electron chi connectivity index (χ0n) is 27.4. The molecule has 0 aliphatic carbocycles. The molecule has 2 aliphatic rings. The van der Waals surface area contributed by atoms with Crippen LogP contribution in [0.3, 0.4) is 0 Å². The molecular formula is C28H30Cl2N11O10S2+. The van der Waals surface area contributed by atoms with Crippen molar-refractivity contribution >= 4 is 92.5 Å². The fraction of sp³-hybridized carbons (Fsp3) is 0.357. The van der Waals surface area contributed by atoms with Gasteiger partial charge in [-0.1, -0.05) is 39.7 Å². The van der Waals surface area contributed by atoms with Crippen molar-refractivity contribution in [2.45, 2.75) is 23.9 Å². The molecule has 0 radical (unpaired) electrons. The maximum Gasteiger partial charge on any atom is 0.348 e. The number of phenolic OH excluding ortho intramolecular Hbond substituents is 2. The number of fused-ring (bicyclic) bond motifs is 1. The second-order valence-corrected chi connectivity index (χ2v) is 15.2. The summed E-state index contributed by atoms with van der Waals surface area (Å²) in [5, 5.41) is 59.9. The average molecular weight is 816 g/mol. The van der Waals surface area contributed by atoms with Gasteiger partial charge in [0.1, 0.15) is 28.0 Å². The predicted molar refractivity (Wildman–Crippen MR) is 188 cm³/mol. The Morgan fingerprint density at radius 3 is 2.58 bits per heavy atom. The van der Waals surface area contributed by atoms with Crippen molar-refractivity contribution in [2.75, 3.05) is 45.2 Å². The number of β-lactam (4-membered cyclic amide) rings is 1. The molecule has 25 heteroatoms. The molecule has 0 spiro atoms. The molecule has 282 valence electrons. The van der Waals surface area contributed by atoms with Gasteiger partial charge in [-0.2, -0.15) is 5.21 Å². The Morgan fingerprint density at radius 1 is 1.23 bits per heavy atom. The molecule has 3 amide bonds. The molecule has 4 heterocycles. The summed E-state index contributed by atoms with van der Waals surface area (Å²) in [6.45, 7) is 0.952. The first-order valence-electron chi connectivity index (χ1n) is 15.1. The van der Waals surface area contributed by atoms with Crippen LogP contribution in [-0.4, -0.2) is 148 Å². The number of halogens is 2. The number of likely N-dealkylation sites (N-methyl/N-ethyl adjacent to an activating group) is 1. The molecule has 1 saturated heterocycles. The number of rotatable bonds is 15. The number of anilines is 1. The molecule has 5 rings (SSSR count). The van der Waals surface area contributed by atoms with E-state index in [0.717, 1.165) is 23.0 Å². The van der Waals surface area contributed by atoms with E-state index < -0.39 is 70.8 Å². The Kier molecular flexibility index (Phi) is 11.6. The fourth-order valence-electron chi connectivity index (χ4n) is 5.28. The van der Waals surface area contributed by atoms with Crippen molar-refractivity contribution in [2.24, 2.45) is 5.16 Å². The summed E-state index contributed by atoms with van der Waals surface area (Å²) in [5.74, 6) is -5.90. The monoisotopic (exact) mass is 814 g/mol. The average Bonchev–Trinajstić information content (AvgIpc) is 3.74. The number of hydrogen-bond acceptors (Lipinski definition) is 16. The van der Waals surface area contributed by atoms with E-state index in [1.165, 1.54) is 22.7 Å². The Bertz CT molecular complexity index is 2030. The van der Waals surface area contributed by atoms with Gasteiger partial charge in [0.2, 0.25) is 11.9 Å². The number of aromatic hydroxyl groups is 2. The van der Waals surface area contributed by atoms with E-state index in [0.29, 0.717) is 29.0 Å². The SMILES string of the molecule is C[N+](C)(CCNC(=O)c1ccc(O)c(O)c1Cl)CC1=C(c2nn[nH]n2)N2C(=O)[C@@H](NC(=O)/C(=N\O[C@@H](CC(=O)O)C(=O)O)c3nc(N)sc3Cl)[C@H]2SC1. The molecule has 1 fully saturated rings. The number of aromatic nitrogens is 5. The molecular weight excluding hydrogens is 785 g/mol. The van der Waals surface area contributed by atoms with Gasteiger partial charge in [-0.15, -0.1) is 22.0 Å². The zero-order valence-corrected chi connectivity index (χ0v) is 30.6. The first-order chi connectivity index (χ1) is 25.0. The van der Waals surface area contributed by atoms with Crippen LogP contribution in [0.25, 0.3) is 5.70 Å². The quantitative estimate of drug-likeness (QED) is 0.0327. The predicted octanol–water partition coefficient (Wildman–Crippen LogP) is -0.0774. The molecule has 0 bridgehead atoms. The van der Waals surface area contributed by atoms with Crippen molar-refractivity contribution in [3.05, 3.63) is 44.1 Å². The zero-order chi connectivity index (χ0) is 38.8. The number of thiazole rings is 1. The molecule has 3 atom stereocenters. The maximum absolute atomic E-state index is 13.7. The van der Waals surface area contributed by atoms with Gasteiger partial charge in [0.15, 0.2) is 22.3 Å². The summed E-state index contributed by atoms with van der Waals surface area (Å²) < 4.78 is 0.213. The molecule has 3 aromatic rings. The van der Waals surface area contributed by atoms with Crippen LogP contribution in [0.5, 0.6) is 11.5 Å². The second kappa shape index (κ2) is 15.8. The van der Waals surface area contributed by atoms with Gasteiger partial charge in [0.05, 0.1) is 49.9 Å². The van der Waals surface area contributed by atoms with Crippen LogP contribution in [0.1, 0.15) is 28.3 Å². The molecule has 0 saturated carbocycles. The standard InChI is InChI=1S/C28H29Cl2N11O10S2/c1-41(2,6-5-32-23(46)11-3-4-12(42)20(45)15(11)29)8-10-9-52-26-18(25(48)40(26)19(10)22-35-38-39-36-22)33-24(47)17(16-21(30)53-28(31)34-16)37-51-13(27(49)50)7-14(43)44/h3-4,13,18,26H,5-9H2,1-2H3,(H8-,31,32,33,34,35,36,37,38,39,42,43,44,45,46,47,49,50)/p+1/t13-,18+,26+/m0/s1. The van der Waals surface area contributed by atoms with Crippen molar-refractivity contribution in [3.8, 4) is 11.5 Å². The minimum Gasteiger partial charge on any atom is -0.504 e. The van der Waals surface area contributed by atoms with Crippen LogP contribution in [0.4, 0.5) is 5.13 Å². The van der Waals surface area contributed by atoms with E-state index >= 15 is 0 Å². The number of carbonyl (C=O) groups excluding carboxylic acids is 3. The number of aromatic amines is 1. The van der Waals surface area contributed by atoms with E-state index in [1.54, 1.807) is 0 Å². The summed E-state index contributed by atoms with van der Waals surface area (Å²) in [7, 11) is 3.80. The Morgan fingerprint density at radius 2 is 1.96 bits per heavy atom. The third kappa shape index (κ3) is 8.54. The Hall–Kier alpha value is -5.23. The van der Waals surface area contributed by atoms with E-state index in [-0.39, 0.29) is 38.1 Å². The van der Waals surface area contributed by atoms with Crippen LogP contribution in [0, 0.1) is 0 Å². The number of carboxylic acid groups (broad SMARTS) is 2. The number of nitrogen functional groups attached to an aromatic ring is 1. The van der Waals surface area contributed by atoms with Gasteiger partial charge in [-0.3, -0.25) is 24.1 Å². The second-order valence-electron chi connectivity index (χ2n) is 12.1. The number of aliphatic carboxylic acids is 2. The fourth-order valence-corrected chi connectivity index (χ4v) is 7.79. The highest BCUT2D eigenvalue weighted by molar-refractivity contribution is 8.00. The van der Waals surface area contributed by atoms with Crippen molar-refractivity contribution in [1.82, 2.24) is 41.1 Å². The molecule has 2 aromatic heterocycles. The topological polar surface area (TPSA) is 309 Å². The number of nitrogens with two attached hydrogens (primary N) is 1. The Balaban J connectivity index is 1.32. The smallest absolute Gasteiger partial charge is 0.348 e. The van der Waals surface area contributed by atoms with Gasteiger partial charge < -0.3 is 46.1 Å². The van der Waals surface area contributed by atoms with E-state index in [9.17, 15) is 39.3 Å². The first-order valence-corrected chi connectivity index (χ1v) is 17.7. The number of hydrogen-bond donors (Lipinski definition) is 8. The number of tetrazole rings is 1. The maximum atomic E-state index is 13.7. The van der Waals surface area contributed by atoms with Crippen molar-refractivity contribution in [3.63, 3.8) is 0 Å². The molecule has 0 unspecified atom stereocenters. The highest BCUT2D eigenvalue weighted by Gasteiger charge is 2.54. The van der Waals surface area contributed by atoms with Crippen molar-refractivity contribution < 1.29 is 53.7 Å². The van der Waals surface area contributed by atoms with Gasteiger partial charge >= 0.3 is 11.9 Å². The van der Waals surface area contributed by atoms with Gasteiger partial charge in [-0.05, 0) is 17.3 Å². The summed E-state index contributed by atoms with van der Waals surface area (Å²) in [5.41, 5.74) is 5.91. The number of H-pyrrole nitrogens is 1. The summed E-state index contributed by atoms with van der Waals surface area (Å²) in [6, 6.07) is 1.31. The van der Waals surface area contributed by atoms with Crippen LogP contribution in [0.2, 0.25) is 9.36 Å². The van der Waals surface area contributed by atoms with Crippen molar-refractivity contribution in [1.29, 1.82) is 0 Å². The minimum atomic E-state index is -1.97. The number of oxime groups is 1. The lowest BCUT2D eigenvalue weighted by Crippen LogP contribution is -2.70. The first kappa shape index (κ1) is 39.0. The number of amides is 3. The highest BCUT2D eigenvalue weighted by atomic mass is 35.5. The molecule has 2 aliphatic heterocycles. The largest absolute Gasteiger partial charge is 0.504 e. The summed E-state index contributed by atoms with van der Waals surface area (Å²) in [6.07, 6.45) is -2.94. The van der Waals surface area contributed by atoms with Crippen LogP contribution >= 0.6 is 46.3 Å². The number of thioether (sulfide) groups is 1. The number of carboxylic acids is 2. The third-order valence-corrected chi connectivity index (χ3v) is 10.6. The number of nitrogens with zero attached hydrogens (tertiary/aromatic N) is 7. The number of nitrogens with one attached hydrogen (secondary N) is 3. The van der Waals surface area contributed by atoms with Gasteiger partial charge in [0.25, 0.3) is 17.7 Å². The Labute approximate surface area is 316 Å². The van der Waals surface area contributed by atoms with E-state index in [4.69, 9.17) is 38.9 Å². The minimum absolute atomic E-state index is 0.0191. The van der Waals surface area contributed by atoms with Crippen LogP contribution < -0.4 is 16.4 Å². The normalized spacial score (nSPS) is 17.8. The van der Waals surface area contributed by atoms with Crippen LogP contribution in [-0.2, 0) is 24.0 Å². The molecule has 9 N–H and O–H groups in total. The number of phenols is 2. The molecule has 53 heavy (non-hydrogen) atoms. The number of benzene rings is 1. The lowest BCUT2D eigenvalue weighted by molar-refractivity contribution is -0.884. The molecule has 1 aromatic carbocycles. The number of quaternary nitrogens is 1. The number of carbonyl (C=O) groups is 5. The van der Waals surface area contributed by atoms with Gasteiger partial charge in [-0.25, -0.2) is 9.78 Å². The summed E-state index contributed by atoms with van der Waals surface area (Å²) in [4.78, 5) is 73.0. The lowest BCUT2D eigenvalue weighted by Gasteiger charge is -2.50. The van der Waals surface area contributed by atoms with Crippen LogP contribution in [0.15, 0.2) is 22.9 Å². The third-order valence-electron chi connectivity index (χ3n) is 7.80.